The molecule has 3 aromatic carbocycles. The van der Waals surface area contributed by atoms with E-state index in [2.05, 4.69) is 61.8 Å². The van der Waals surface area contributed by atoms with Crippen molar-refractivity contribution in [3.05, 3.63) is 100 Å². The predicted molar refractivity (Wildman–Crippen MR) is 155 cm³/mol. The number of nitrogens with zero attached hydrogens (tertiary/aromatic N) is 1. The molecule has 204 valence electrons. The average Bonchev–Trinajstić information content (AvgIpc) is 3.16. The normalized spacial score (nSPS) is 12.8. The molecule has 6 nitrogen and oxygen atoms in total. The van der Waals surface area contributed by atoms with Crippen LogP contribution in [0.3, 0.4) is 0 Å². The Kier molecular flexibility index (Phi) is 8.44. The van der Waals surface area contributed by atoms with Crippen LogP contribution in [0.5, 0.6) is 5.75 Å². The fourth-order valence-corrected chi connectivity index (χ4v) is 4.86. The number of amides is 1. The highest BCUT2D eigenvalue weighted by molar-refractivity contribution is 5.99. The van der Waals surface area contributed by atoms with Gasteiger partial charge in [-0.1, -0.05) is 50.2 Å². The lowest BCUT2D eigenvalue weighted by atomic mass is 9.98. The highest BCUT2D eigenvalue weighted by atomic mass is 16.6. The summed E-state index contributed by atoms with van der Waals surface area (Å²) >= 11 is 0. The number of carbonyl (C=O) groups excluding carboxylic acids is 2. The van der Waals surface area contributed by atoms with Gasteiger partial charge in [0.2, 0.25) is 0 Å². The Hall–Kier alpha value is -4.06. The summed E-state index contributed by atoms with van der Waals surface area (Å²) in [6.07, 6.45) is -0.687. The number of aryl methyl sites for hydroxylation is 1. The second kappa shape index (κ2) is 11.8. The smallest absolute Gasteiger partial charge is 0.346 e. The molecule has 4 aromatic rings. The largest absolute Gasteiger partial charge is 0.479 e. The topological polar surface area (TPSA) is 69.6 Å². The molecule has 39 heavy (non-hydrogen) atoms. The van der Waals surface area contributed by atoms with E-state index in [-0.39, 0.29) is 11.9 Å². The standard InChI is InChI=1S/C33H38N2O4/c1-20(2)26-11-9-12-27(17-26)22(4)34-32(36)28-14-15-31-30(18-28)21(3)23(5)35(31)19-25-10-8-13-29(16-25)39-24(6)33(37)38-7/h8-18,20,22,24H,19H2,1-7H3,(H,34,36)/t22-,24+/m0/s1. The summed E-state index contributed by atoms with van der Waals surface area (Å²) in [5, 5.41) is 4.22. The quantitative estimate of drug-likeness (QED) is 0.242. The molecular formula is C33H38N2O4. The van der Waals surface area contributed by atoms with Crippen LogP contribution in [0.1, 0.15) is 78.0 Å². The minimum Gasteiger partial charge on any atom is -0.479 e. The summed E-state index contributed by atoms with van der Waals surface area (Å²) in [6.45, 7) is 12.9. The second-order valence-electron chi connectivity index (χ2n) is 10.5. The van der Waals surface area contributed by atoms with E-state index in [1.165, 1.54) is 12.7 Å². The third-order valence-electron chi connectivity index (χ3n) is 7.41. The van der Waals surface area contributed by atoms with Gasteiger partial charge in [0.1, 0.15) is 5.75 Å². The van der Waals surface area contributed by atoms with Crippen molar-refractivity contribution >= 4 is 22.8 Å². The number of aromatic nitrogens is 1. The molecule has 0 aliphatic carbocycles. The number of rotatable bonds is 9. The zero-order chi connectivity index (χ0) is 28.3. The Morgan fingerprint density at radius 2 is 1.62 bits per heavy atom. The first-order chi connectivity index (χ1) is 18.6. The Labute approximate surface area is 230 Å². The van der Waals surface area contributed by atoms with Gasteiger partial charge >= 0.3 is 5.97 Å². The first-order valence-corrected chi connectivity index (χ1v) is 13.4. The lowest BCUT2D eigenvalue weighted by Gasteiger charge is -2.17. The van der Waals surface area contributed by atoms with E-state index in [4.69, 9.17) is 9.47 Å². The summed E-state index contributed by atoms with van der Waals surface area (Å²) < 4.78 is 12.8. The first kappa shape index (κ1) is 28.0. The van der Waals surface area contributed by atoms with E-state index in [0.29, 0.717) is 23.8 Å². The van der Waals surface area contributed by atoms with E-state index in [0.717, 1.165) is 33.3 Å². The fraction of sp³-hybridized carbons (Fsp3) is 0.333. The molecule has 0 aliphatic heterocycles. The van der Waals surface area contributed by atoms with Gasteiger partial charge < -0.3 is 19.4 Å². The van der Waals surface area contributed by atoms with Crippen molar-refractivity contribution in [2.24, 2.45) is 0 Å². The molecule has 1 heterocycles. The molecule has 0 spiro atoms. The number of nitrogens with one attached hydrogen (secondary N) is 1. The van der Waals surface area contributed by atoms with Gasteiger partial charge in [0.15, 0.2) is 6.10 Å². The van der Waals surface area contributed by atoms with Gasteiger partial charge in [-0.05, 0) is 86.2 Å². The lowest BCUT2D eigenvalue weighted by molar-refractivity contribution is -0.147. The SMILES string of the molecule is COC(=O)[C@@H](C)Oc1cccc(Cn2c(C)c(C)c3cc(C(=O)N[C@@H](C)c4cccc(C(C)C)c4)ccc32)c1. The zero-order valence-electron chi connectivity index (χ0n) is 23.9. The van der Waals surface area contributed by atoms with Crippen molar-refractivity contribution in [1.29, 1.82) is 0 Å². The molecule has 0 unspecified atom stereocenters. The summed E-state index contributed by atoms with van der Waals surface area (Å²) in [5.41, 5.74) is 7.39. The van der Waals surface area contributed by atoms with Gasteiger partial charge in [-0.2, -0.15) is 0 Å². The molecule has 0 bridgehead atoms. The third-order valence-corrected chi connectivity index (χ3v) is 7.41. The molecule has 0 radical (unpaired) electrons. The number of fused-ring (bicyclic) bond motifs is 1. The maximum absolute atomic E-state index is 13.2. The number of ether oxygens (including phenoxy) is 2. The van der Waals surface area contributed by atoms with Crippen LogP contribution in [0.2, 0.25) is 0 Å². The van der Waals surface area contributed by atoms with Crippen LogP contribution in [-0.2, 0) is 16.1 Å². The number of methoxy groups -OCH3 is 1. The molecule has 1 aromatic heterocycles. The molecule has 2 atom stereocenters. The minimum absolute atomic E-state index is 0.0891. The van der Waals surface area contributed by atoms with E-state index >= 15 is 0 Å². The van der Waals surface area contributed by atoms with Crippen molar-refractivity contribution in [3.63, 3.8) is 0 Å². The molecule has 0 saturated heterocycles. The van der Waals surface area contributed by atoms with E-state index in [9.17, 15) is 9.59 Å². The third kappa shape index (κ3) is 6.17. The van der Waals surface area contributed by atoms with Crippen molar-refractivity contribution in [3.8, 4) is 5.75 Å². The van der Waals surface area contributed by atoms with Gasteiger partial charge in [-0.15, -0.1) is 0 Å². The minimum atomic E-state index is -0.687. The average molecular weight is 527 g/mol. The monoisotopic (exact) mass is 526 g/mol. The Balaban J connectivity index is 1.55. The van der Waals surface area contributed by atoms with Crippen LogP contribution >= 0.6 is 0 Å². The first-order valence-electron chi connectivity index (χ1n) is 13.4. The summed E-state index contributed by atoms with van der Waals surface area (Å²) in [4.78, 5) is 25.0. The summed E-state index contributed by atoms with van der Waals surface area (Å²) in [6, 6.07) is 21.9. The van der Waals surface area contributed by atoms with Gasteiger partial charge in [0, 0.05) is 28.7 Å². The van der Waals surface area contributed by atoms with Crippen LogP contribution in [0, 0.1) is 13.8 Å². The molecule has 0 saturated carbocycles. The van der Waals surface area contributed by atoms with Crippen LogP contribution in [0.4, 0.5) is 0 Å². The maximum atomic E-state index is 13.2. The Morgan fingerprint density at radius 1 is 0.897 bits per heavy atom. The van der Waals surface area contributed by atoms with Gasteiger partial charge in [-0.3, -0.25) is 4.79 Å². The molecule has 1 amide bonds. The molecule has 6 heteroatoms. The fourth-order valence-electron chi connectivity index (χ4n) is 4.86. The predicted octanol–water partition coefficient (Wildman–Crippen LogP) is 6.86. The number of benzene rings is 3. The van der Waals surface area contributed by atoms with Crippen molar-refractivity contribution < 1.29 is 19.1 Å². The van der Waals surface area contributed by atoms with Gasteiger partial charge in [-0.25, -0.2) is 4.79 Å². The van der Waals surface area contributed by atoms with Crippen LogP contribution < -0.4 is 10.1 Å². The van der Waals surface area contributed by atoms with Crippen molar-refractivity contribution in [2.45, 2.75) is 66.2 Å². The van der Waals surface area contributed by atoms with Crippen LogP contribution in [-0.4, -0.2) is 29.7 Å². The molecule has 1 N–H and O–H groups in total. The molecule has 0 aliphatic rings. The van der Waals surface area contributed by atoms with Crippen LogP contribution in [0.15, 0.2) is 66.7 Å². The summed E-state index contributed by atoms with van der Waals surface area (Å²) in [5.74, 6) is 0.544. The highest BCUT2D eigenvalue weighted by Crippen LogP contribution is 2.28. The Morgan fingerprint density at radius 3 is 2.33 bits per heavy atom. The lowest BCUT2D eigenvalue weighted by Crippen LogP contribution is -2.26. The van der Waals surface area contributed by atoms with E-state index in [1.807, 2.05) is 49.4 Å². The zero-order valence-corrected chi connectivity index (χ0v) is 23.9. The van der Waals surface area contributed by atoms with E-state index in [1.54, 1.807) is 6.92 Å². The number of esters is 1. The molecule has 0 fully saturated rings. The number of hydrogen-bond acceptors (Lipinski definition) is 4. The van der Waals surface area contributed by atoms with Crippen molar-refractivity contribution in [2.75, 3.05) is 7.11 Å². The van der Waals surface area contributed by atoms with Gasteiger partial charge in [0.25, 0.3) is 5.91 Å². The van der Waals surface area contributed by atoms with Crippen LogP contribution in [0.25, 0.3) is 10.9 Å². The Bertz CT molecular complexity index is 1500. The maximum Gasteiger partial charge on any atom is 0.346 e. The molecule has 4 rings (SSSR count). The second-order valence-corrected chi connectivity index (χ2v) is 10.5. The number of carbonyl (C=O) groups is 2. The summed E-state index contributed by atoms with van der Waals surface area (Å²) in [7, 11) is 1.35. The van der Waals surface area contributed by atoms with Crippen molar-refractivity contribution in [1.82, 2.24) is 9.88 Å². The number of hydrogen-bond donors (Lipinski definition) is 1. The molecular weight excluding hydrogens is 488 g/mol. The highest BCUT2D eigenvalue weighted by Gasteiger charge is 2.18. The van der Waals surface area contributed by atoms with Gasteiger partial charge in [0.05, 0.1) is 13.2 Å². The van der Waals surface area contributed by atoms with E-state index < -0.39 is 12.1 Å².